The molecule has 7 heteroatoms. The standard InChI is InChI=1S/C17H24N4OS2/c1-5-23-16-20-13(19-15(18)22)12-10-7-6-9(17(2,3)4)8-11(10)24-14(12)21-16/h9H,5-8H2,1-4H3,(H3,18,19,20,21,22)/t9-/m1/s1. The molecule has 2 aromatic heterocycles. The molecule has 0 spiro atoms. The summed E-state index contributed by atoms with van der Waals surface area (Å²) in [6, 6.07) is -0.578. The summed E-state index contributed by atoms with van der Waals surface area (Å²) in [5.74, 6) is 2.12. The van der Waals surface area contributed by atoms with Gasteiger partial charge in [0, 0.05) is 4.88 Å². The molecule has 2 amide bonds. The predicted octanol–water partition coefficient (Wildman–Crippen LogP) is 4.44. The number of thiophene rings is 1. The topological polar surface area (TPSA) is 80.9 Å². The van der Waals surface area contributed by atoms with E-state index in [0.717, 1.165) is 35.2 Å². The molecule has 1 aliphatic carbocycles. The highest BCUT2D eigenvalue weighted by Crippen LogP contribution is 2.44. The number of hydrogen-bond donors (Lipinski definition) is 2. The van der Waals surface area contributed by atoms with E-state index in [1.807, 2.05) is 0 Å². The fourth-order valence-electron chi connectivity index (χ4n) is 3.30. The van der Waals surface area contributed by atoms with Crippen LogP contribution in [0.5, 0.6) is 0 Å². The summed E-state index contributed by atoms with van der Waals surface area (Å²) in [4.78, 5) is 23.0. The third-order valence-electron chi connectivity index (χ3n) is 4.63. The van der Waals surface area contributed by atoms with Crippen molar-refractivity contribution in [2.75, 3.05) is 11.1 Å². The minimum absolute atomic E-state index is 0.303. The van der Waals surface area contributed by atoms with Crippen LogP contribution in [0.4, 0.5) is 10.6 Å². The van der Waals surface area contributed by atoms with Gasteiger partial charge in [0.15, 0.2) is 5.16 Å². The molecule has 0 radical (unpaired) electrons. The van der Waals surface area contributed by atoms with Crippen molar-refractivity contribution in [1.29, 1.82) is 0 Å². The third-order valence-corrected chi connectivity index (χ3v) is 6.51. The molecular weight excluding hydrogens is 340 g/mol. The van der Waals surface area contributed by atoms with E-state index in [1.54, 1.807) is 23.1 Å². The molecule has 1 aliphatic rings. The summed E-state index contributed by atoms with van der Waals surface area (Å²) in [5.41, 5.74) is 6.95. The molecule has 0 aliphatic heterocycles. The largest absolute Gasteiger partial charge is 0.351 e. The van der Waals surface area contributed by atoms with Crippen molar-refractivity contribution >= 4 is 45.2 Å². The van der Waals surface area contributed by atoms with Crippen LogP contribution in [-0.2, 0) is 12.8 Å². The van der Waals surface area contributed by atoms with E-state index >= 15 is 0 Å². The number of hydrogen-bond acceptors (Lipinski definition) is 5. The molecule has 2 aromatic rings. The summed E-state index contributed by atoms with van der Waals surface area (Å²) in [5, 5.41) is 4.39. The highest BCUT2D eigenvalue weighted by molar-refractivity contribution is 7.99. The zero-order chi connectivity index (χ0) is 17.5. The first kappa shape index (κ1) is 17.5. The van der Waals surface area contributed by atoms with Crippen LogP contribution in [0.3, 0.4) is 0 Å². The van der Waals surface area contributed by atoms with E-state index in [2.05, 4.69) is 38.0 Å². The number of primary amides is 1. The first-order valence-electron chi connectivity index (χ1n) is 8.31. The maximum Gasteiger partial charge on any atom is 0.317 e. The lowest BCUT2D eigenvalue weighted by Gasteiger charge is -2.33. The van der Waals surface area contributed by atoms with E-state index in [1.165, 1.54) is 10.4 Å². The summed E-state index contributed by atoms with van der Waals surface area (Å²) < 4.78 is 0. The molecule has 2 heterocycles. The van der Waals surface area contributed by atoms with Crippen LogP contribution in [-0.4, -0.2) is 21.8 Å². The second-order valence-electron chi connectivity index (χ2n) is 7.27. The first-order valence-corrected chi connectivity index (χ1v) is 10.1. The summed E-state index contributed by atoms with van der Waals surface area (Å²) in [7, 11) is 0. The van der Waals surface area contributed by atoms with Crippen molar-refractivity contribution in [3.63, 3.8) is 0 Å². The van der Waals surface area contributed by atoms with Crippen molar-refractivity contribution in [1.82, 2.24) is 9.97 Å². The van der Waals surface area contributed by atoms with Gasteiger partial charge in [-0.05, 0) is 41.9 Å². The Hall–Kier alpha value is -1.34. The Labute approximate surface area is 150 Å². The van der Waals surface area contributed by atoms with Crippen LogP contribution >= 0.6 is 23.1 Å². The Bertz CT molecular complexity index is 779. The van der Waals surface area contributed by atoms with E-state index in [0.29, 0.717) is 22.3 Å². The highest BCUT2D eigenvalue weighted by atomic mass is 32.2. The van der Waals surface area contributed by atoms with Gasteiger partial charge in [-0.15, -0.1) is 11.3 Å². The monoisotopic (exact) mass is 364 g/mol. The molecule has 0 saturated heterocycles. The molecule has 0 fully saturated rings. The van der Waals surface area contributed by atoms with Crippen molar-refractivity contribution in [2.45, 2.75) is 52.1 Å². The van der Waals surface area contributed by atoms with Crippen LogP contribution in [0.25, 0.3) is 10.2 Å². The number of carbonyl (C=O) groups is 1. The Balaban J connectivity index is 2.10. The molecule has 0 bridgehead atoms. The summed E-state index contributed by atoms with van der Waals surface area (Å²) in [6.45, 7) is 9.00. The number of fused-ring (bicyclic) bond motifs is 3. The van der Waals surface area contributed by atoms with Gasteiger partial charge in [-0.3, -0.25) is 5.32 Å². The molecule has 24 heavy (non-hydrogen) atoms. The smallest absolute Gasteiger partial charge is 0.317 e. The molecule has 0 aromatic carbocycles. The van der Waals surface area contributed by atoms with Gasteiger partial charge in [0.25, 0.3) is 0 Å². The zero-order valence-corrected chi connectivity index (χ0v) is 16.2. The van der Waals surface area contributed by atoms with Crippen molar-refractivity contribution in [3.8, 4) is 0 Å². The highest BCUT2D eigenvalue weighted by Gasteiger charge is 2.32. The van der Waals surface area contributed by atoms with Crippen LogP contribution in [0.2, 0.25) is 0 Å². The summed E-state index contributed by atoms with van der Waals surface area (Å²) in [6.07, 6.45) is 3.24. The van der Waals surface area contributed by atoms with Crippen LogP contribution in [0, 0.1) is 11.3 Å². The molecule has 0 saturated carbocycles. The number of nitrogens with zero attached hydrogens (tertiary/aromatic N) is 2. The number of anilines is 1. The molecule has 0 unspecified atom stereocenters. The molecule has 130 valence electrons. The molecule has 5 nitrogen and oxygen atoms in total. The number of nitrogens with one attached hydrogen (secondary N) is 1. The normalized spacial score (nSPS) is 17.8. The van der Waals surface area contributed by atoms with Crippen LogP contribution < -0.4 is 11.1 Å². The lowest BCUT2D eigenvalue weighted by Crippen LogP contribution is -2.26. The number of carbonyl (C=O) groups excluding carboxylic acids is 1. The summed E-state index contributed by atoms with van der Waals surface area (Å²) >= 11 is 3.32. The van der Waals surface area contributed by atoms with E-state index in [4.69, 9.17) is 10.7 Å². The van der Waals surface area contributed by atoms with E-state index in [-0.39, 0.29) is 0 Å². The average molecular weight is 365 g/mol. The van der Waals surface area contributed by atoms with Gasteiger partial charge in [0.1, 0.15) is 10.6 Å². The van der Waals surface area contributed by atoms with E-state index in [9.17, 15) is 4.79 Å². The number of nitrogens with two attached hydrogens (primary N) is 1. The van der Waals surface area contributed by atoms with Gasteiger partial charge in [-0.1, -0.05) is 39.5 Å². The number of aromatic nitrogens is 2. The first-order chi connectivity index (χ1) is 11.3. The lowest BCUT2D eigenvalue weighted by molar-refractivity contribution is 0.218. The second kappa shape index (κ2) is 6.52. The third kappa shape index (κ3) is 3.37. The number of urea groups is 1. The number of thioether (sulfide) groups is 1. The fraction of sp³-hybridized carbons (Fsp3) is 0.588. The van der Waals surface area contributed by atoms with Crippen molar-refractivity contribution in [3.05, 3.63) is 10.4 Å². The molecule has 1 atom stereocenters. The van der Waals surface area contributed by atoms with Gasteiger partial charge in [0.05, 0.1) is 5.39 Å². The quantitative estimate of drug-likeness (QED) is 0.623. The molecular formula is C17H24N4OS2. The minimum Gasteiger partial charge on any atom is -0.351 e. The second-order valence-corrected chi connectivity index (χ2v) is 9.58. The SMILES string of the molecule is CCSc1nc(NC(N)=O)c2c3c(sc2n1)C[C@H](C(C)(C)C)CC3. The van der Waals surface area contributed by atoms with Gasteiger partial charge < -0.3 is 5.73 Å². The van der Waals surface area contributed by atoms with Gasteiger partial charge in [-0.25, -0.2) is 14.8 Å². The lowest BCUT2D eigenvalue weighted by atomic mass is 9.72. The minimum atomic E-state index is -0.578. The number of amides is 2. The van der Waals surface area contributed by atoms with Crippen molar-refractivity contribution in [2.24, 2.45) is 17.1 Å². The molecule has 3 N–H and O–H groups in total. The van der Waals surface area contributed by atoms with Crippen LogP contribution in [0.1, 0.15) is 44.6 Å². The Morgan fingerprint density at radius 2 is 2.17 bits per heavy atom. The predicted molar refractivity (Wildman–Crippen MR) is 102 cm³/mol. The average Bonchev–Trinajstić information content (AvgIpc) is 2.83. The number of aryl methyl sites for hydroxylation is 1. The van der Waals surface area contributed by atoms with Gasteiger partial charge in [-0.2, -0.15) is 0 Å². The molecule has 3 rings (SSSR count). The fourth-order valence-corrected chi connectivity index (χ4v) is 5.22. The van der Waals surface area contributed by atoms with Gasteiger partial charge in [0.2, 0.25) is 0 Å². The Morgan fingerprint density at radius 3 is 2.79 bits per heavy atom. The van der Waals surface area contributed by atoms with Crippen molar-refractivity contribution < 1.29 is 4.79 Å². The van der Waals surface area contributed by atoms with E-state index < -0.39 is 6.03 Å². The van der Waals surface area contributed by atoms with Crippen LogP contribution in [0.15, 0.2) is 5.16 Å². The van der Waals surface area contributed by atoms with Gasteiger partial charge >= 0.3 is 6.03 Å². The maximum absolute atomic E-state index is 11.4. The zero-order valence-electron chi connectivity index (χ0n) is 14.6. The Kier molecular flexibility index (Phi) is 4.75. The number of rotatable bonds is 3. The Morgan fingerprint density at radius 1 is 1.42 bits per heavy atom. The maximum atomic E-state index is 11.4.